The maximum atomic E-state index is 12.3. The summed E-state index contributed by atoms with van der Waals surface area (Å²) in [5, 5.41) is 0. The topological polar surface area (TPSA) is 20.3 Å². The van der Waals surface area contributed by atoms with Crippen molar-refractivity contribution in [3.05, 3.63) is 12.7 Å². The Balaban J connectivity index is 3.24. The third-order valence-corrected chi connectivity index (χ3v) is 5.10. The molecular weight excluding hydrogens is 210 g/mol. The fraction of sp³-hybridized carbons (Fsp3) is 0.800. The third kappa shape index (κ3) is 2.14. The molecule has 1 aliphatic heterocycles. The highest BCUT2D eigenvalue weighted by atomic mass is 16.2. The van der Waals surface area contributed by atoms with Gasteiger partial charge >= 0.3 is 0 Å². The van der Waals surface area contributed by atoms with Crippen LogP contribution in [-0.2, 0) is 4.79 Å². The van der Waals surface area contributed by atoms with E-state index in [1.54, 1.807) is 0 Å². The Hall–Kier alpha value is -0.790. The molecule has 1 saturated heterocycles. The van der Waals surface area contributed by atoms with E-state index < -0.39 is 0 Å². The summed E-state index contributed by atoms with van der Waals surface area (Å²) in [5.41, 5.74) is -0.0448. The van der Waals surface area contributed by atoms with Crippen LogP contribution in [0.2, 0.25) is 0 Å². The van der Waals surface area contributed by atoms with Crippen LogP contribution < -0.4 is 0 Å². The number of nitrogens with zero attached hydrogens (tertiary/aromatic N) is 1. The predicted octanol–water partition coefficient (Wildman–Crippen LogP) is 3.77. The molecule has 0 radical (unpaired) electrons. The minimum atomic E-state index is -0.0334. The zero-order chi connectivity index (χ0) is 13.3. The molecule has 3 atom stereocenters. The summed E-state index contributed by atoms with van der Waals surface area (Å²) in [5.74, 6) is 0.640. The van der Waals surface area contributed by atoms with Gasteiger partial charge in [0, 0.05) is 11.1 Å². The van der Waals surface area contributed by atoms with Gasteiger partial charge in [-0.05, 0) is 51.5 Å². The monoisotopic (exact) mass is 237 g/mol. The van der Waals surface area contributed by atoms with Crippen LogP contribution in [0.25, 0.3) is 0 Å². The lowest BCUT2D eigenvalue weighted by molar-refractivity contribution is -0.152. The molecule has 2 nitrogen and oxygen atoms in total. The van der Waals surface area contributed by atoms with Crippen LogP contribution in [0.5, 0.6) is 0 Å². The molecule has 1 fully saturated rings. The normalized spacial score (nSPS) is 37.9. The van der Waals surface area contributed by atoms with Crippen LogP contribution in [0.4, 0.5) is 0 Å². The summed E-state index contributed by atoms with van der Waals surface area (Å²) in [7, 11) is 0. The molecule has 0 spiro atoms. The fourth-order valence-electron chi connectivity index (χ4n) is 3.24. The lowest BCUT2D eigenvalue weighted by atomic mass is 9.69. The van der Waals surface area contributed by atoms with Crippen molar-refractivity contribution in [1.82, 2.24) is 4.90 Å². The largest absolute Gasteiger partial charge is 0.328 e. The van der Waals surface area contributed by atoms with Crippen LogP contribution >= 0.6 is 0 Å². The Morgan fingerprint density at radius 3 is 2.41 bits per heavy atom. The van der Waals surface area contributed by atoms with Crippen LogP contribution in [0.15, 0.2) is 12.7 Å². The van der Waals surface area contributed by atoms with Gasteiger partial charge in [-0.15, -0.1) is 0 Å². The lowest BCUT2D eigenvalue weighted by Gasteiger charge is -2.58. The second-order valence-corrected chi connectivity index (χ2v) is 5.88. The van der Waals surface area contributed by atoms with Gasteiger partial charge in [0.15, 0.2) is 0 Å². The average molecular weight is 237 g/mol. The number of carbonyl (C=O) groups excluding carboxylic acids is 1. The number of piperidine rings is 1. The van der Waals surface area contributed by atoms with E-state index in [9.17, 15) is 4.79 Å². The third-order valence-electron chi connectivity index (χ3n) is 5.10. The van der Waals surface area contributed by atoms with E-state index >= 15 is 0 Å². The molecule has 0 saturated carbocycles. The lowest BCUT2D eigenvalue weighted by Crippen LogP contribution is -2.65. The van der Waals surface area contributed by atoms with Crippen LogP contribution in [0.1, 0.15) is 60.3 Å². The summed E-state index contributed by atoms with van der Waals surface area (Å²) in [4.78, 5) is 14.4. The zero-order valence-electron chi connectivity index (χ0n) is 12.0. The molecule has 0 aromatic heterocycles. The molecule has 17 heavy (non-hydrogen) atoms. The Bertz CT molecular complexity index is 312. The smallest absolute Gasteiger partial charge is 0.246 e. The van der Waals surface area contributed by atoms with Gasteiger partial charge in [-0.2, -0.15) is 0 Å². The van der Waals surface area contributed by atoms with Crippen LogP contribution in [0, 0.1) is 5.92 Å². The van der Waals surface area contributed by atoms with E-state index in [4.69, 9.17) is 0 Å². The van der Waals surface area contributed by atoms with Gasteiger partial charge in [-0.3, -0.25) is 4.79 Å². The van der Waals surface area contributed by atoms with Crippen molar-refractivity contribution in [2.45, 2.75) is 71.4 Å². The van der Waals surface area contributed by atoms with Crippen LogP contribution in [0.3, 0.4) is 0 Å². The van der Waals surface area contributed by atoms with Gasteiger partial charge in [0.2, 0.25) is 5.91 Å². The van der Waals surface area contributed by atoms with Crippen molar-refractivity contribution in [3.8, 4) is 0 Å². The molecule has 1 aliphatic rings. The molecule has 98 valence electrons. The maximum Gasteiger partial charge on any atom is 0.246 e. The highest BCUT2D eigenvalue weighted by molar-refractivity contribution is 5.88. The van der Waals surface area contributed by atoms with Gasteiger partial charge < -0.3 is 4.90 Å². The minimum absolute atomic E-state index is 0.0114. The molecule has 3 unspecified atom stereocenters. The molecule has 0 aromatic carbocycles. The van der Waals surface area contributed by atoms with Gasteiger partial charge in [-0.25, -0.2) is 0 Å². The van der Waals surface area contributed by atoms with Crippen molar-refractivity contribution in [2.75, 3.05) is 0 Å². The second kappa shape index (κ2) is 4.83. The highest BCUT2D eigenvalue weighted by Crippen LogP contribution is 2.45. The second-order valence-electron chi connectivity index (χ2n) is 5.88. The van der Waals surface area contributed by atoms with Crippen LogP contribution in [-0.4, -0.2) is 21.9 Å². The van der Waals surface area contributed by atoms with Gasteiger partial charge in [0.05, 0.1) is 0 Å². The first-order valence-corrected chi connectivity index (χ1v) is 6.82. The SMILES string of the molecule is C=CC(=O)N1C(C)(CC)CCC(C)C1(C)CC. The quantitative estimate of drug-likeness (QED) is 0.684. The average Bonchev–Trinajstić information content (AvgIpc) is 2.34. The number of rotatable bonds is 3. The zero-order valence-corrected chi connectivity index (χ0v) is 12.0. The van der Waals surface area contributed by atoms with E-state index in [-0.39, 0.29) is 17.0 Å². The Labute approximate surface area is 106 Å². The highest BCUT2D eigenvalue weighted by Gasteiger charge is 2.49. The summed E-state index contributed by atoms with van der Waals surface area (Å²) in [6, 6.07) is 0. The molecule has 0 bridgehead atoms. The molecule has 1 rings (SSSR count). The number of likely N-dealkylation sites (tertiary alicyclic amines) is 1. The number of carbonyl (C=O) groups is 1. The number of hydrogen-bond donors (Lipinski definition) is 0. The number of hydrogen-bond acceptors (Lipinski definition) is 1. The fourth-order valence-corrected chi connectivity index (χ4v) is 3.24. The van der Waals surface area contributed by atoms with Crippen molar-refractivity contribution in [2.24, 2.45) is 5.92 Å². The van der Waals surface area contributed by atoms with Crippen molar-refractivity contribution >= 4 is 5.91 Å². The van der Waals surface area contributed by atoms with Crippen molar-refractivity contribution < 1.29 is 4.79 Å². The molecule has 0 N–H and O–H groups in total. The molecule has 0 aromatic rings. The van der Waals surface area contributed by atoms with E-state index in [2.05, 4.69) is 46.1 Å². The van der Waals surface area contributed by atoms with Crippen molar-refractivity contribution in [1.29, 1.82) is 0 Å². The Morgan fingerprint density at radius 1 is 1.41 bits per heavy atom. The maximum absolute atomic E-state index is 12.3. The van der Waals surface area contributed by atoms with E-state index in [0.29, 0.717) is 5.92 Å². The first-order chi connectivity index (χ1) is 7.85. The standard InChI is InChI=1S/C15H27NO/c1-7-13(17)16-14(5,8-2)11-10-12(4)15(16,6)9-3/h7,12H,1,8-11H2,2-6H3. The van der Waals surface area contributed by atoms with E-state index in [0.717, 1.165) is 19.3 Å². The first-order valence-electron chi connectivity index (χ1n) is 6.82. The van der Waals surface area contributed by atoms with E-state index in [1.807, 2.05) is 0 Å². The van der Waals surface area contributed by atoms with E-state index in [1.165, 1.54) is 12.5 Å². The summed E-state index contributed by atoms with van der Waals surface area (Å²) in [6.45, 7) is 14.7. The summed E-state index contributed by atoms with van der Waals surface area (Å²) in [6.07, 6.45) is 5.79. The number of amides is 1. The molecule has 1 heterocycles. The Morgan fingerprint density at radius 2 is 2.00 bits per heavy atom. The molecular formula is C15H27NO. The molecule has 2 heteroatoms. The molecule has 0 aliphatic carbocycles. The van der Waals surface area contributed by atoms with Gasteiger partial charge in [0.25, 0.3) is 0 Å². The minimum Gasteiger partial charge on any atom is -0.328 e. The predicted molar refractivity (Wildman–Crippen MR) is 72.8 cm³/mol. The van der Waals surface area contributed by atoms with Gasteiger partial charge in [-0.1, -0.05) is 27.4 Å². The first kappa shape index (κ1) is 14.3. The summed E-state index contributed by atoms with van der Waals surface area (Å²) >= 11 is 0. The summed E-state index contributed by atoms with van der Waals surface area (Å²) < 4.78 is 0. The Kier molecular flexibility index (Phi) is 4.06. The van der Waals surface area contributed by atoms with Gasteiger partial charge in [0.1, 0.15) is 0 Å². The molecule has 1 amide bonds. The van der Waals surface area contributed by atoms with Crippen molar-refractivity contribution in [3.63, 3.8) is 0 Å².